The van der Waals surface area contributed by atoms with Crippen molar-refractivity contribution in [2.75, 3.05) is 0 Å². The van der Waals surface area contributed by atoms with Gasteiger partial charge in [0.05, 0.1) is 17.9 Å². The van der Waals surface area contributed by atoms with E-state index in [4.69, 9.17) is 4.42 Å². The number of hydrogen-bond donors (Lipinski definition) is 2. The zero-order valence-corrected chi connectivity index (χ0v) is 12.8. The molecule has 4 rings (SSSR count). The highest BCUT2D eigenvalue weighted by Crippen LogP contribution is 2.44. The van der Waals surface area contributed by atoms with Crippen molar-refractivity contribution in [1.29, 1.82) is 0 Å². The number of Topliss-reactive ketones (excluding diaryl/α,β-unsaturated/α-hetero) is 2. The molecule has 5 heteroatoms. The zero-order chi connectivity index (χ0) is 16.5. The average Bonchev–Trinajstić information content (AvgIpc) is 2.90. The quantitative estimate of drug-likeness (QED) is 0.728. The number of aliphatic hydroxyl groups is 2. The minimum absolute atomic E-state index is 0.307. The summed E-state index contributed by atoms with van der Waals surface area (Å²) in [6.07, 6.45) is 1.35. The lowest BCUT2D eigenvalue weighted by atomic mass is 9.73. The van der Waals surface area contributed by atoms with Crippen molar-refractivity contribution >= 4 is 11.6 Å². The SMILES string of the molecule is Cc1coc2c1C(=O)C(=O)c1c-2ccc2c1CC[C@H](O)[C@@]2(C)O. The van der Waals surface area contributed by atoms with Gasteiger partial charge in [0.2, 0.25) is 11.6 Å². The van der Waals surface area contributed by atoms with Gasteiger partial charge in [0, 0.05) is 11.1 Å². The number of aliphatic hydroxyl groups excluding tert-OH is 1. The molecule has 0 amide bonds. The summed E-state index contributed by atoms with van der Waals surface area (Å²) >= 11 is 0. The fourth-order valence-corrected chi connectivity index (χ4v) is 3.72. The lowest BCUT2D eigenvalue weighted by Gasteiger charge is -2.37. The monoisotopic (exact) mass is 312 g/mol. The summed E-state index contributed by atoms with van der Waals surface area (Å²) in [6, 6.07) is 3.40. The highest BCUT2D eigenvalue weighted by atomic mass is 16.3. The van der Waals surface area contributed by atoms with E-state index in [1.807, 2.05) is 0 Å². The molecule has 23 heavy (non-hydrogen) atoms. The predicted octanol–water partition coefficient (Wildman–Crippen LogP) is 2.15. The smallest absolute Gasteiger partial charge is 0.237 e. The molecule has 118 valence electrons. The van der Waals surface area contributed by atoms with Crippen LogP contribution in [0.15, 0.2) is 22.8 Å². The molecule has 0 spiro atoms. The number of ketones is 2. The summed E-state index contributed by atoms with van der Waals surface area (Å²) in [7, 11) is 0. The first-order valence-electron chi connectivity index (χ1n) is 7.58. The predicted molar refractivity (Wildman–Crippen MR) is 81.4 cm³/mol. The Kier molecular flexibility index (Phi) is 2.75. The number of benzene rings is 1. The lowest BCUT2D eigenvalue weighted by molar-refractivity contribution is -0.0765. The summed E-state index contributed by atoms with van der Waals surface area (Å²) in [5, 5.41) is 20.6. The number of furan rings is 1. The van der Waals surface area contributed by atoms with E-state index in [-0.39, 0.29) is 0 Å². The number of carbonyl (C=O) groups is 2. The molecule has 5 nitrogen and oxygen atoms in total. The Hall–Kier alpha value is -2.24. The molecule has 2 atom stereocenters. The molecule has 0 saturated carbocycles. The minimum atomic E-state index is -1.44. The van der Waals surface area contributed by atoms with Gasteiger partial charge in [-0.3, -0.25) is 9.59 Å². The van der Waals surface area contributed by atoms with Crippen molar-refractivity contribution in [3.8, 4) is 11.3 Å². The van der Waals surface area contributed by atoms with Crippen LogP contribution in [0.5, 0.6) is 0 Å². The molecule has 1 aromatic carbocycles. The van der Waals surface area contributed by atoms with Gasteiger partial charge >= 0.3 is 0 Å². The Bertz CT molecular complexity index is 872. The van der Waals surface area contributed by atoms with Crippen LogP contribution < -0.4 is 0 Å². The van der Waals surface area contributed by atoms with Crippen LogP contribution >= 0.6 is 0 Å². The van der Waals surface area contributed by atoms with E-state index in [0.717, 1.165) is 0 Å². The molecule has 1 heterocycles. The van der Waals surface area contributed by atoms with Gasteiger partial charge in [0.1, 0.15) is 11.4 Å². The number of fused-ring (bicyclic) bond motifs is 5. The van der Waals surface area contributed by atoms with Crippen molar-refractivity contribution < 1.29 is 24.2 Å². The Morgan fingerprint density at radius 3 is 2.65 bits per heavy atom. The maximum absolute atomic E-state index is 12.7. The second-order valence-corrected chi connectivity index (χ2v) is 6.50. The van der Waals surface area contributed by atoms with E-state index < -0.39 is 23.3 Å². The van der Waals surface area contributed by atoms with Crippen LogP contribution in [0.1, 0.15) is 50.8 Å². The highest BCUT2D eigenvalue weighted by Gasteiger charge is 2.43. The summed E-state index contributed by atoms with van der Waals surface area (Å²) in [4.78, 5) is 25.1. The molecule has 2 N–H and O–H groups in total. The molecule has 2 aliphatic carbocycles. The average molecular weight is 312 g/mol. The van der Waals surface area contributed by atoms with Gasteiger partial charge in [-0.05, 0) is 43.4 Å². The number of carbonyl (C=O) groups excluding carboxylic acids is 2. The van der Waals surface area contributed by atoms with Crippen LogP contribution in [0.2, 0.25) is 0 Å². The topological polar surface area (TPSA) is 87.7 Å². The van der Waals surface area contributed by atoms with Crippen LogP contribution in [0, 0.1) is 6.92 Å². The second-order valence-electron chi connectivity index (χ2n) is 6.50. The van der Waals surface area contributed by atoms with Gasteiger partial charge in [0.25, 0.3) is 0 Å². The lowest BCUT2D eigenvalue weighted by Crippen LogP contribution is -2.42. The Balaban J connectivity index is 2.05. The normalized spacial score (nSPS) is 25.8. The molecule has 0 aliphatic heterocycles. The molecule has 0 unspecified atom stereocenters. The van der Waals surface area contributed by atoms with Crippen LogP contribution in [0.3, 0.4) is 0 Å². The van der Waals surface area contributed by atoms with Crippen molar-refractivity contribution in [3.05, 3.63) is 46.2 Å². The fourth-order valence-electron chi connectivity index (χ4n) is 3.72. The molecular weight excluding hydrogens is 296 g/mol. The van der Waals surface area contributed by atoms with Crippen LogP contribution in [0.4, 0.5) is 0 Å². The fraction of sp³-hybridized carbons (Fsp3) is 0.333. The zero-order valence-electron chi connectivity index (χ0n) is 12.8. The molecule has 0 saturated heterocycles. The van der Waals surface area contributed by atoms with Gasteiger partial charge in [-0.15, -0.1) is 0 Å². The molecule has 0 bridgehead atoms. The van der Waals surface area contributed by atoms with E-state index in [1.54, 1.807) is 19.1 Å². The molecule has 0 radical (unpaired) electrons. The van der Waals surface area contributed by atoms with Gasteiger partial charge in [-0.2, -0.15) is 0 Å². The third-order valence-corrected chi connectivity index (χ3v) is 5.05. The first-order valence-corrected chi connectivity index (χ1v) is 7.58. The highest BCUT2D eigenvalue weighted by molar-refractivity contribution is 6.53. The van der Waals surface area contributed by atoms with E-state index in [1.165, 1.54) is 13.2 Å². The largest absolute Gasteiger partial charge is 0.463 e. The van der Waals surface area contributed by atoms with Crippen molar-refractivity contribution in [2.24, 2.45) is 0 Å². The molecule has 2 aromatic rings. The van der Waals surface area contributed by atoms with Crippen LogP contribution in [-0.4, -0.2) is 27.9 Å². The van der Waals surface area contributed by atoms with E-state index in [0.29, 0.717) is 52.0 Å². The van der Waals surface area contributed by atoms with Gasteiger partial charge < -0.3 is 14.6 Å². The maximum Gasteiger partial charge on any atom is 0.237 e. The minimum Gasteiger partial charge on any atom is -0.463 e. The standard InChI is InChI=1S/C18H16O5/c1-8-7-23-17-10-3-5-11-9(4-6-12(19)18(11,2)22)14(10)16(21)15(20)13(8)17/h3,5,7,12,19,22H,4,6H2,1-2H3/t12-,18-/m0/s1. The van der Waals surface area contributed by atoms with Crippen LogP contribution in [0.25, 0.3) is 11.3 Å². The van der Waals surface area contributed by atoms with Crippen LogP contribution in [-0.2, 0) is 12.0 Å². The first-order chi connectivity index (χ1) is 10.8. The number of rotatable bonds is 0. The van der Waals surface area contributed by atoms with Crippen molar-refractivity contribution in [3.63, 3.8) is 0 Å². The summed E-state index contributed by atoms with van der Waals surface area (Å²) in [6.45, 7) is 3.26. The van der Waals surface area contributed by atoms with E-state index in [2.05, 4.69) is 0 Å². The Morgan fingerprint density at radius 2 is 1.91 bits per heavy atom. The molecule has 1 aromatic heterocycles. The summed E-state index contributed by atoms with van der Waals surface area (Å²) in [5.74, 6) is -0.727. The summed E-state index contributed by atoms with van der Waals surface area (Å²) in [5.41, 5.74) is 1.56. The molecular formula is C18H16O5. The second kappa shape index (κ2) is 4.40. The third kappa shape index (κ3) is 1.69. The summed E-state index contributed by atoms with van der Waals surface area (Å²) < 4.78 is 5.51. The van der Waals surface area contributed by atoms with E-state index in [9.17, 15) is 19.8 Å². The van der Waals surface area contributed by atoms with Crippen molar-refractivity contribution in [2.45, 2.75) is 38.4 Å². The van der Waals surface area contributed by atoms with Gasteiger partial charge in [-0.25, -0.2) is 0 Å². The van der Waals surface area contributed by atoms with E-state index >= 15 is 0 Å². The third-order valence-electron chi connectivity index (χ3n) is 5.05. The van der Waals surface area contributed by atoms with Gasteiger partial charge in [0.15, 0.2) is 0 Å². The Labute approximate surface area is 132 Å². The van der Waals surface area contributed by atoms with Crippen molar-refractivity contribution in [1.82, 2.24) is 0 Å². The number of hydrogen-bond acceptors (Lipinski definition) is 5. The number of aryl methyl sites for hydroxylation is 1. The maximum atomic E-state index is 12.7. The van der Waals surface area contributed by atoms with Gasteiger partial charge in [-0.1, -0.05) is 12.1 Å². The first kappa shape index (κ1) is 14.4. The Morgan fingerprint density at radius 1 is 1.22 bits per heavy atom. The molecule has 0 fully saturated rings. The molecule has 2 aliphatic rings.